The summed E-state index contributed by atoms with van der Waals surface area (Å²) in [7, 11) is 0. The van der Waals surface area contributed by atoms with Crippen molar-refractivity contribution in [2.24, 2.45) is 0 Å². The van der Waals surface area contributed by atoms with Crippen molar-refractivity contribution < 1.29 is 5.11 Å². The number of halogens is 1. The Balaban J connectivity index is 1.31. The fourth-order valence-electron chi connectivity index (χ4n) is 5.08. The predicted molar refractivity (Wildman–Crippen MR) is 139 cm³/mol. The third-order valence-corrected chi connectivity index (χ3v) is 7.21. The van der Waals surface area contributed by atoms with Gasteiger partial charge in [-0.15, -0.1) is 0 Å². The van der Waals surface area contributed by atoms with Crippen LogP contribution in [-0.4, -0.2) is 94.9 Å². The van der Waals surface area contributed by atoms with E-state index in [0.29, 0.717) is 11.1 Å². The Kier molecular flexibility index (Phi) is 7.20. The van der Waals surface area contributed by atoms with E-state index in [-0.39, 0.29) is 6.61 Å². The van der Waals surface area contributed by atoms with Crippen LogP contribution in [0.5, 0.6) is 0 Å². The maximum atomic E-state index is 9.14. The van der Waals surface area contributed by atoms with Gasteiger partial charge in [0.1, 0.15) is 11.3 Å². The van der Waals surface area contributed by atoms with Crippen molar-refractivity contribution in [3.05, 3.63) is 35.5 Å². The molecule has 182 valence electrons. The van der Waals surface area contributed by atoms with Crippen molar-refractivity contribution in [2.45, 2.75) is 25.8 Å². The number of anilines is 2. The third-order valence-electron chi connectivity index (χ3n) is 6.92. The van der Waals surface area contributed by atoms with Gasteiger partial charge in [0.15, 0.2) is 5.65 Å². The molecule has 0 spiro atoms. The largest absolute Gasteiger partial charge is 0.395 e. The summed E-state index contributed by atoms with van der Waals surface area (Å²) in [4.78, 5) is 19.9. The number of hydrogen-bond donors (Lipinski definition) is 3. The van der Waals surface area contributed by atoms with Gasteiger partial charge < -0.3 is 25.2 Å². The number of aromatic amines is 1. The minimum atomic E-state index is 0.224. The highest BCUT2D eigenvalue weighted by atomic mass is 35.5. The maximum absolute atomic E-state index is 9.14. The average molecular weight is 484 g/mol. The van der Waals surface area contributed by atoms with Gasteiger partial charge >= 0.3 is 0 Å². The number of H-pyrrole nitrogens is 1. The Morgan fingerprint density at radius 3 is 2.62 bits per heavy atom. The van der Waals surface area contributed by atoms with Gasteiger partial charge in [-0.3, -0.25) is 4.90 Å². The molecule has 3 N–H and O–H groups in total. The number of piperazine rings is 1. The summed E-state index contributed by atoms with van der Waals surface area (Å²) in [6.07, 6.45) is 3.98. The molecule has 0 radical (unpaired) electrons. The van der Waals surface area contributed by atoms with Gasteiger partial charge in [-0.25, -0.2) is 9.97 Å². The maximum Gasteiger partial charge on any atom is 0.159 e. The predicted octanol–water partition coefficient (Wildman–Crippen LogP) is 3.29. The number of imidazole rings is 1. The molecule has 0 amide bonds. The first kappa shape index (κ1) is 23.4. The highest BCUT2D eigenvalue weighted by Crippen LogP contribution is 2.32. The number of pyridine rings is 1. The van der Waals surface area contributed by atoms with E-state index in [2.05, 4.69) is 61.2 Å². The SMILES string of the molecule is CCCN1CCC(Nc2c(Cl)cnc3[nH]c(-c4ccc(N5CCN(CCO)CC5)cc4)nc23)C1. The van der Waals surface area contributed by atoms with Gasteiger partial charge in [-0.05, 0) is 43.7 Å². The van der Waals surface area contributed by atoms with Crippen LogP contribution < -0.4 is 10.2 Å². The Morgan fingerprint density at radius 2 is 1.88 bits per heavy atom. The summed E-state index contributed by atoms with van der Waals surface area (Å²) in [6.45, 7) is 10.4. The standard InChI is InChI=1S/C25H34ClN7O/c1-2-8-32-9-7-19(17-32)28-22-21(26)16-27-25-23(22)29-24(30-25)18-3-5-20(6-4-18)33-12-10-31(11-13-33)14-15-34/h3-6,16,19,34H,2,7-15,17H2,1H3,(H2,27,28,29,30). The zero-order valence-electron chi connectivity index (χ0n) is 19.8. The number of nitrogens with zero attached hydrogens (tertiary/aromatic N) is 5. The van der Waals surface area contributed by atoms with Crippen molar-refractivity contribution in [1.82, 2.24) is 24.8 Å². The van der Waals surface area contributed by atoms with E-state index in [9.17, 15) is 0 Å². The summed E-state index contributed by atoms with van der Waals surface area (Å²) >= 11 is 6.56. The van der Waals surface area contributed by atoms with Crippen LogP contribution in [0.25, 0.3) is 22.6 Å². The lowest BCUT2D eigenvalue weighted by atomic mass is 10.1. The Labute approximate surface area is 205 Å². The molecule has 5 rings (SSSR count). The molecule has 34 heavy (non-hydrogen) atoms. The first-order chi connectivity index (χ1) is 16.6. The van der Waals surface area contributed by atoms with E-state index < -0.39 is 0 Å². The second-order valence-electron chi connectivity index (χ2n) is 9.29. The summed E-state index contributed by atoms with van der Waals surface area (Å²) < 4.78 is 0. The first-order valence-corrected chi connectivity index (χ1v) is 12.7. The second kappa shape index (κ2) is 10.5. The number of aromatic nitrogens is 3. The van der Waals surface area contributed by atoms with E-state index >= 15 is 0 Å². The van der Waals surface area contributed by atoms with Crippen LogP contribution in [0, 0.1) is 0 Å². The zero-order chi connectivity index (χ0) is 23.5. The molecule has 1 unspecified atom stereocenters. The van der Waals surface area contributed by atoms with Gasteiger partial charge in [-0.1, -0.05) is 18.5 Å². The van der Waals surface area contributed by atoms with Gasteiger partial charge in [-0.2, -0.15) is 0 Å². The number of aliphatic hydroxyl groups excluding tert-OH is 1. The van der Waals surface area contributed by atoms with Crippen molar-refractivity contribution in [2.75, 3.05) is 69.2 Å². The molecule has 2 aliphatic heterocycles. The molecule has 1 aromatic carbocycles. The summed E-state index contributed by atoms with van der Waals surface area (Å²) in [5.74, 6) is 0.797. The molecular weight excluding hydrogens is 450 g/mol. The summed E-state index contributed by atoms with van der Waals surface area (Å²) in [5.41, 5.74) is 4.65. The van der Waals surface area contributed by atoms with Crippen LogP contribution in [0.3, 0.4) is 0 Å². The van der Waals surface area contributed by atoms with E-state index in [1.165, 1.54) is 12.1 Å². The molecule has 0 aliphatic carbocycles. The first-order valence-electron chi connectivity index (χ1n) is 12.4. The van der Waals surface area contributed by atoms with Gasteiger partial charge in [0.05, 0.1) is 23.5 Å². The molecule has 4 heterocycles. The number of benzene rings is 1. The van der Waals surface area contributed by atoms with Gasteiger partial charge in [0.25, 0.3) is 0 Å². The van der Waals surface area contributed by atoms with E-state index in [1.54, 1.807) is 6.20 Å². The zero-order valence-corrected chi connectivity index (χ0v) is 20.6. The topological polar surface area (TPSA) is 83.6 Å². The molecule has 2 saturated heterocycles. The second-order valence-corrected chi connectivity index (χ2v) is 9.70. The molecular formula is C25H34ClN7O. The highest BCUT2D eigenvalue weighted by Gasteiger charge is 2.24. The fourth-order valence-corrected chi connectivity index (χ4v) is 5.27. The van der Waals surface area contributed by atoms with E-state index in [4.69, 9.17) is 21.7 Å². The van der Waals surface area contributed by atoms with E-state index in [0.717, 1.165) is 87.0 Å². The van der Waals surface area contributed by atoms with Crippen LogP contribution in [0.4, 0.5) is 11.4 Å². The summed E-state index contributed by atoms with van der Waals surface area (Å²) in [5, 5.41) is 13.4. The van der Waals surface area contributed by atoms with Gasteiger partial charge in [0, 0.05) is 63.1 Å². The number of rotatable bonds is 8. The highest BCUT2D eigenvalue weighted by molar-refractivity contribution is 6.34. The molecule has 0 bridgehead atoms. The van der Waals surface area contributed by atoms with E-state index in [1.807, 2.05) is 0 Å². The molecule has 0 saturated carbocycles. The number of β-amino-alcohol motifs (C(OH)–C–C–N with tert-alkyl or cyclic N) is 1. The van der Waals surface area contributed by atoms with Crippen LogP contribution in [-0.2, 0) is 0 Å². The lowest BCUT2D eigenvalue weighted by Crippen LogP contribution is -2.47. The van der Waals surface area contributed by atoms with Crippen LogP contribution in [0.2, 0.25) is 5.02 Å². The molecule has 1 atom stereocenters. The molecule has 9 heteroatoms. The van der Waals surface area contributed by atoms with Crippen LogP contribution >= 0.6 is 11.6 Å². The number of fused-ring (bicyclic) bond motifs is 1. The van der Waals surface area contributed by atoms with Crippen molar-refractivity contribution in [3.63, 3.8) is 0 Å². The minimum absolute atomic E-state index is 0.224. The molecule has 2 fully saturated rings. The average Bonchev–Trinajstić information content (AvgIpc) is 3.49. The quantitative estimate of drug-likeness (QED) is 0.453. The monoisotopic (exact) mass is 483 g/mol. The number of aliphatic hydroxyl groups is 1. The Hall–Kier alpha value is -2.39. The molecule has 8 nitrogen and oxygen atoms in total. The van der Waals surface area contributed by atoms with Crippen molar-refractivity contribution in [1.29, 1.82) is 0 Å². The lowest BCUT2D eigenvalue weighted by molar-refractivity contribution is 0.189. The summed E-state index contributed by atoms with van der Waals surface area (Å²) in [6, 6.07) is 8.91. The molecule has 2 aliphatic rings. The number of hydrogen-bond acceptors (Lipinski definition) is 7. The molecule has 2 aromatic heterocycles. The fraction of sp³-hybridized carbons (Fsp3) is 0.520. The van der Waals surface area contributed by atoms with Gasteiger partial charge in [0.2, 0.25) is 0 Å². The lowest BCUT2D eigenvalue weighted by Gasteiger charge is -2.35. The van der Waals surface area contributed by atoms with Crippen molar-refractivity contribution in [3.8, 4) is 11.4 Å². The number of nitrogens with one attached hydrogen (secondary N) is 2. The van der Waals surface area contributed by atoms with Crippen LogP contribution in [0.15, 0.2) is 30.5 Å². The Morgan fingerprint density at radius 1 is 1.09 bits per heavy atom. The molecule has 3 aromatic rings. The smallest absolute Gasteiger partial charge is 0.159 e. The van der Waals surface area contributed by atoms with Crippen molar-refractivity contribution >= 4 is 34.1 Å². The minimum Gasteiger partial charge on any atom is -0.395 e. The Bertz CT molecular complexity index is 1090. The van der Waals surface area contributed by atoms with Crippen LogP contribution in [0.1, 0.15) is 19.8 Å². The third kappa shape index (κ3) is 5.00. The number of likely N-dealkylation sites (tertiary alicyclic amines) is 1. The normalized spacial score (nSPS) is 19.9.